The SMILES string of the molecule is O=C(Sc1ccccc1)c1ccc[n+]([C@H]2CC[C@@H](CO)O2)c1. The number of aliphatic hydroxyl groups is 1. The molecule has 1 fully saturated rings. The number of thioether (sulfide) groups is 1. The number of carbonyl (C=O) groups is 1. The molecule has 1 aromatic heterocycles. The molecule has 0 amide bonds. The van der Waals surface area contributed by atoms with E-state index in [9.17, 15) is 4.79 Å². The van der Waals surface area contributed by atoms with Crippen molar-refractivity contribution in [3.8, 4) is 0 Å². The van der Waals surface area contributed by atoms with Crippen molar-refractivity contribution in [2.24, 2.45) is 0 Å². The van der Waals surface area contributed by atoms with E-state index in [1.807, 2.05) is 59.4 Å². The van der Waals surface area contributed by atoms with Crippen LogP contribution in [0.5, 0.6) is 0 Å². The number of benzene rings is 1. The minimum Gasteiger partial charge on any atom is -0.394 e. The fraction of sp³-hybridized carbons (Fsp3) is 0.294. The summed E-state index contributed by atoms with van der Waals surface area (Å²) in [5.74, 6) is 0. The van der Waals surface area contributed by atoms with E-state index in [0.717, 1.165) is 17.7 Å². The van der Waals surface area contributed by atoms with Crippen LogP contribution in [0.2, 0.25) is 0 Å². The van der Waals surface area contributed by atoms with Crippen LogP contribution in [-0.4, -0.2) is 22.9 Å². The van der Waals surface area contributed by atoms with Gasteiger partial charge in [0.2, 0.25) is 5.12 Å². The number of hydrogen-bond acceptors (Lipinski definition) is 4. The van der Waals surface area contributed by atoms with E-state index in [2.05, 4.69) is 0 Å². The van der Waals surface area contributed by atoms with E-state index in [4.69, 9.17) is 9.84 Å². The quantitative estimate of drug-likeness (QED) is 0.696. The first kappa shape index (κ1) is 15.2. The minimum atomic E-state index is -0.105. The first-order chi connectivity index (χ1) is 10.8. The Labute approximate surface area is 133 Å². The molecular formula is C17H18NO3S+. The van der Waals surface area contributed by atoms with E-state index < -0.39 is 0 Å². The lowest BCUT2D eigenvalue weighted by Crippen LogP contribution is -2.39. The van der Waals surface area contributed by atoms with Gasteiger partial charge < -0.3 is 9.84 Å². The van der Waals surface area contributed by atoms with Gasteiger partial charge >= 0.3 is 0 Å². The second-order valence-corrected chi connectivity index (χ2v) is 6.26. The zero-order valence-electron chi connectivity index (χ0n) is 12.1. The number of carbonyl (C=O) groups excluding carboxylic acids is 1. The Morgan fingerprint density at radius 2 is 2.05 bits per heavy atom. The zero-order valence-corrected chi connectivity index (χ0v) is 12.9. The van der Waals surface area contributed by atoms with Gasteiger partial charge in [-0.15, -0.1) is 0 Å². The Balaban J connectivity index is 1.72. The first-order valence-corrected chi connectivity index (χ1v) is 8.12. The first-order valence-electron chi connectivity index (χ1n) is 7.30. The largest absolute Gasteiger partial charge is 0.394 e. The molecule has 1 aliphatic heterocycles. The van der Waals surface area contributed by atoms with Gasteiger partial charge in [0.05, 0.1) is 18.3 Å². The third-order valence-electron chi connectivity index (χ3n) is 3.63. The van der Waals surface area contributed by atoms with Crippen molar-refractivity contribution in [3.63, 3.8) is 0 Å². The number of nitrogens with zero attached hydrogens (tertiary/aromatic N) is 1. The second kappa shape index (κ2) is 7.05. The molecule has 1 N–H and O–H groups in total. The molecule has 2 atom stereocenters. The highest BCUT2D eigenvalue weighted by Gasteiger charge is 2.31. The summed E-state index contributed by atoms with van der Waals surface area (Å²) in [6, 6.07) is 13.3. The number of aromatic nitrogens is 1. The average molecular weight is 316 g/mol. The fourth-order valence-corrected chi connectivity index (χ4v) is 3.23. The molecule has 2 aromatic rings. The van der Waals surface area contributed by atoms with Crippen LogP contribution in [0.15, 0.2) is 59.8 Å². The Morgan fingerprint density at radius 3 is 2.77 bits per heavy atom. The van der Waals surface area contributed by atoms with Gasteiger partial charge in [-0.1, -0.05) is 18.2 Å². The van der Waals surface area contributed by atoms with Crippen molar-refractivity contribution in [3.05, 3.63) is 60.4 Å². The highest BCUT2D eigenvalue weighted by molar-refractivity contribution is 8.14. The van der Waals surface area contributed by atoms with Crippen LogP contribution in [0.3, 0.4) is 0 Å². The summed E-state index contributed by atoms with van der Waals surface area (Å²) in [7, 11) is 0. The predicted molar refractivity (Wildman–Crippen MR) is 83.5 cm³/mol. The van der Waals surface area contributed by atoms with Crippen molar-refractivity contribution in [2.45, 2.75) is 30.1 Å². The van der Waals surface area contributed by atoms with Crippen LogP contribution in [0.1, 0.15) is 29.4 Å². The van der Waals surface area contributed by atoms with E-state index in [1.165, 1.54) is 11.8 Å². The Morgan fingerprint density at radius 1 is 1.23 bits per heavy atom. The van der Waals surface area contributed by atoms with Crippen LogP contribution >= 0.6 is 11.8 Å². The third kappa shape index (κ3) is 3.55. The molecule has 1 aromatic carbocycles. The van der Waals surface area contributed by atoms with Gasteiger partial charge in [-0.25, -0.2) is 0 Å². The molecule has 0 bridgehead atoms. The molecule has 0 saturated carbocycles. The van der Waals surface area contributed by atoms with Gasteiger partial charge in [0.1, 0.15) is 0 Å². The molecule has 0 aliphatic carbocycles. The fourth-order valence-electron chi connectivity index (χ4n) is 2.49. The third-order valence-corrected chi connectivity index (χ3v) is 4.56. The Hall–Kier alpha value is -1.69. The number of aliphatic hydroxyl groups excluding tert-OH is 1. The summed E-state index contributed by atoms with van der Waals surface area (Å²) < 4.78 is 7.66. The molecule has 5 heteroatoms. The normalized spacial score (nSPS) is 21.0. The van der Waals surface area contributed by atoms with Gasteiger partial charge in [-0.2, -0.15) is 4.57 Å². The van der Waals surface area contributed by atoms with Gasteiger partial charge in [0, 0.05) is 17.4 Å². The van der Waals surface area contributed by atoms with Crippen LogP contribution in [0, 0.1) is 0 Å². The van der Waals surface area contributed by atoms with E-state index in [0.29, 0.717) is 5.56 Å². The predicted octanol–water partition coefficient (Wildman–Crippen LogP) is 2.58. The number of hydrogen-bond donors (Lipinski definition) is 1. The molecule has 2 heterocycles. The molecular weight excluding hydrogens is 298 g/mol. The molecule has 3 rings (SSSR count). The topological polar surface area (TPSA) is 50.4 Å². The Kier molecular flexibility index (Phi) is 4.87. The molecule has 0 radical (unpaired) electrons. The average Bonchev–Trinajstić information content (AvgIpc) is 3.05. The molecule has 0 spiro atoms. The number of ether oxygens (including phenoxy) is 1. The maximum absolute atomic E-state index is 12.4. The van der Waals surface area contributed by atoms with Crippen LogP contribution in [0.25, 0.3) is 0 Å². The lowest BCUT2D eigenvalue weighted by molar-refractivity contribution is -0.759. The van der Waals surface area contributed by atoms with Gasteiger partial charge in [0.25, 0.3) is 6.23 Å². The van der Waals surface area contributed by atoms with Gasteiger partial charge in [0.15, 0.2) is 12.4 Å². The lowest BCUT2D eigenvalue weighted by atomic mass is 10.2. The summed E-state index contributed by atoms with van der Waals surface area (Å²) in [6.45, 7) is 0.0412. The van der Waals surface area contributed by atoms with Crippen LogP contribution in [0.4, 0.5) is 0 Å². The molecule has 114 valence electrons. The number of rotatable bonds is 4. The van der Waals surface area contributed by atoms with Crippen molar-refractivity contribution in [1.29, 1.82) is 0 Å². The van der Waals surface area contributed by atoms with E-state index in [-0.39, 0.29) is 24.1 Å². The molecule has 1 aliphatic rings. The zero-order chi connectivity index (χ0) is 15.4. The monoisotopic (exact) mass is 316 g/mol. The van der Waals surface area contributed by atoms with Crippen molar-refractivity contribution < 1.29 is 19.2 Å². The summed E-state index contributed by atoms with van der Waals surface area (Å²) in [5.41, 5.74) is 0.646. The summed E-state index contributed by atoms with van der Waals surface area (Å²) >= 11 is 1.22. The van der Waals surface area contributed by atoms with Crippen molar-refractivity contribution >= 4 is 16.9 Å². The number of pyridine rings is 1. The Bertz CT molecular complexity index is 647. The molecule has 4 nitrogen and oxygen atoms in total. The summed E-state index contributed by atoms with van der Waals surface area (Å²) in [6.07, 6.45) is 5.20. The maximum atomic E-state index is 12.4. The van der Waals surface area contributed by atoms with Crippen LogP contribution < -0.4 is 4.57 Å². The highest BCUT2D eigenvalue weighted by Crippen LogP contribution is 2.25. The summed E-state index contributed by atoms with van der Waals surface area (Å²) in [5, 5.41) is 9.16. The van der Waals surface area contributed by atoms with Crippen LogP contribution in [-0.2, 0) is 4.74 Å². The molecule has 1 saturated heterocycles. The second-order valence-electron chi connectivity index (χ2n) is 5.22. The van der Waals surface area contributed by atoms with Gasteiger partial charge in [-0.3, -0.25) is 4.79 Å². The highest BCUT2D eigenvalue weighted by atomic mass is 32.2. The summed E-state index contributed by atoms with van der Waals surface area (Å²) in [4.78, 5) is 13.3. The van der Waals surface area contributed by atoms with E-state index >= 15 is 0 Å². The maximum Gasteiger partial charge on any atom is 0.262 e. The molecule has 0 unspecified atom stereocenters. The smallest absolute Gasteiger partial charge is 0.262 e. The van der Waals surface area contributed by atoms with Gasteiger partial charge in [-0.05, 0) is 36.4 Å². The van der Waals surface area contributed by atoms with Crippen molar-refractivity contribution in [2.75, 3.05) is 6.61 Å². The lowest BCUT2D eigenvalue weighted by Gasteiger charge is -2.08. The van der Waals surface area contributed by atoms with Crippen molar-refractivity contribution in [1.82, 2.24) is 0 Å². The van der Waals surface area contributed by atoms with E-state index in [1.54, 1.807) is 0 Å². The molecule has 22 heavy (non-hydrogen) atoms. The standard InChI is InChI=1S/C17H18NO3S/c19-12-14-8-9-16(21-14)18-10-4-5-13(11-18)17(20)22-15-6-2-1-3-7-15/h1-7,10-11,14,16,19H,8-9,12H2/q+1/t14-,16+/m0/s1. The minimum absolute atomic E-state index is 0.0113.